The van der Waals surface area contributed by atoms with Gasteiger partial charge < -0.3 is 14.8 Å². The molecule has 0 saturated heterocycles. The van der Waals surface area contributed by atoms with Gasteiger partial charge in [0.2, 0.25) is 0 Å². The summed E-state index contributed by atoms with van der Waals surface area (Å²) in [6.45, 7) is 4.07. The van der Waals surface area contributed by atoms with Crippen molar-refractivity contribution in [1.29, 1.82) is 0 Å². The number of carboxylic acids is 1. The number of aryl methyl sites for hydroxylation is 1. The topological polar surface area (TPSA) is 62.5 Å². The maximum Gasteiger partial charge on any atom is 0.340 e. The second-order valence-electron chi connectivity index (χ2n) is 4.76. The monoisotopic (exact) mass is 223 g/mol. The molecule has 0 fully saturated rings. The van der Waals surface area contributed by atoms with Gasteiger partial charge in [-0.15, -0.1) is 0 Å². The van der Waals surface area contributed by atoms with E-state index in [0.717, 1.165) is 18.4 Å². The molecule has 0 amide bonds. The third kappa shape index (κ3) is 1.53. The van der Waals surface area contributed by atoms with Crippen LogP contribution in [0.2, 0.25) is 0 Å². The number of fused-ring (bicyclic) bond motifs is 1. The Morgan fingerprint density at radius 3 is 2.75 bits per heavy atom. The van der Waals surface area contributed by atoms with Gasteiger partial charge in [0.05, 0.1) is 0 Å². The van der Waals surface area contributed by atoms with Gasteiger partial charge in [-0.05, 0) is 38.7 Å². The molecule has 1 aliphatic rings. The van der Waals surface area contributed by atoms with E-state index in [4.69, 9.17) is 5.11 Å². The molecular formula is C12H17NO3. The van der Waals surface area contributed by atoms with Crippen molar-refractivity contribution in [3.63, 3.8) is 0 Å². The first kappa shape index (κ1) is 11.2. The van der Waals surface area contributed by atoms with Crippen LogP contribution in [0.4, 0.5) is 0 Å². The van der Waals surface area contributed by atoms with Crippen molar-refractivity contribution >= 4 is 5.97 Å². The SMILES string of the molecule is CC(C)n1cc2c(c1)C(O)(C(=O)O)CCC2. The normalized spacial score (nSPS) is 24.5. The maximum atomic E-state index is 11.2. The van der Waals surface area contributed by atoms with Gasteiger partial charge in [0.15, 0.2) is 5.60 Å². The molecule has 0 aliphatic heterocycles. The summed E-state index contributed by atoms with van der Waals surface area (Å²) in [5, 5.41) is 19.3. The van der Waals surface area contributed by atoms with Gasteiger partial charge in [-0.1, -0.05) is 0 Å². The summed E-state index contributed by atoms with van der Waals surface area (Å²) in [5.74, 6) is -1.14. The van der Waals surface area contributed by atoms with E-state index < -0.39 is 11.6 Å². The number of nitrogens with zero attached hydrogens (tertiary/aromatic N) is 1. The smallest absolute Gasteiger partial charge is 0.340 e. The van der Waals surface area contributed by atoms with E-state index in [2.05, 4.69) is 0 Å². The molecule has 1 aromatic heterocycles. The molecule has 0 aromatic carbocycles. The van der Waals surface area contributed by atoms with Crippen molar-refractivity contribution in [1.82, 2.24) is 4.57 Å². The Balaban J connectivity index is 2.50. The summed E-state index contributed by atoms with van der Waals surface area (Å²) in [6, 6.07) is 0.281. The molecule has 1 aromatic rings. The summed E-state index contributed by atoms with van der Waals surface area (Å²) in [7, 11) is 0. The quantitative estimate of drug-likeness (QED) is 0.801. The molecule has 4 nitrogen and oxygen atoms in total. The molecule has 1 heterocycles. The number of aliphatic hydroxyl groups is 1. The van der Waals surface area contributed by atoms with Crippen LogP contribution in [0.25, 0.3) is 0 Å². The van der Waals surface area contributed by atoms with Crippen LogP contribution >= 0.6 is 0 Å². The molecule has 1 atom stereocenters. The van der Waals surface area contributed by atoms with Crippen LogP contribution < -0.4 is 0 Å². The van der Waals surface area contributed by atoms with Crippen LogP contribution in [0.1, 0.15) is 43.9 Å². The Labute approximate surface area is 94.5 Å². The van der Waals surface area contributed by atoms with Crippen LogP contribution in [-0.4, -0.2) is 20.7 Å². The average Bonchev–Trinajstić information content (AvgIpc) is 2.63. The number of rotatable bonds is 2. The van der Waals surface area contributed by atoms with Crippen molar-refractivity contribution in [3.05, 3.63) is 23.5 Å². The molecule has 2 N–H and O–H groups in total. The predicted molar refractivity (Wildman–Crippen MR) is 59.3 cm³/mol. The Hall–Kier alpha value is -1.29. The van der Waals surface area contributed by atoms with Crippen LogP contribution in [0.3, 0.4) is 0 Å². The van der Waals surface area contributed by atoms with Crippen LogP contribution in [0, 0.1) is 0 Å². The highest BCUT2D eigenvalue weighted by Gasteiger charge is 2.42. The first-order valence-electron chi connectivity index (χ1n) is 5.62. The molecule has 2 rings (SSSR count). The van der Waals surface area contributed by atoms with Crippen molar-refractivity contribution in [3.8, 4) is 0 Å². The van der Waals surface area contributed by atoms with Crippen LogP contribution in [-0.2, 0) is 16.8 Å². The van der Waals surface area contributed by atoms with Crippen LogP contribution in [0.15, 0.2) is 12.4 Å². The molecule has 4 heteroatoms. The Morgan fingerprint density at radius 2 is 2.19 bits per heavy atom. The number of hydrogen-bond acceptors (Lipinski definition) is 2. The summed E-state index contributed by atoms with van der Waals surface area (Å²) in [4.78, 5) is 11.2. The van der Waals surface area contributed by atoms with Gasteiger partial charge in [0.25, 0.3) is 0 Å². The van der Waals surface area contributed by atoms with E-state index in [1.54, 1.807) is 6.20 Å². The number of carboxylic acid groups (broad SMARTS) is 1. The van der Waals surface area contributed by atoms with Crippen molar-refractivity contribution < 1.29 is 15.0 Å². The van der Waals surface area contributed by atoms with E-state index in [9.17, 15) is 9.90 Å². The Morgan fingerprint density at radius 1 is 1.50 bits per heavy atom. The molecule has 0 saturated carbocycles. The zero-order valence-electron chi connectivity index (χ0n) is 9.60. The number of aromatic nitrogens is 1. The van der Waals surface area contributed by atoms with E-state index in [-0.39, 0.29) is 6.04 Å². The Bertz CT molecular complexity index is 422. The summed E-state index contributed by atoms with van der Waals surface area (Å²) >= 11 is 0. The van der Waals surface area contributed by atoms with Gasteiger partial charge in [0.1, 0.15) is 0 Å². The summed E-state index contributed by atoms with van der Waals surface area (Å²) in [5.41, 5.74) is -0.155. The van der Waals surface area contributed by atoms with E-state index in [0.29, 0.717) is 12.0 Å². The third-order valence-electron chi connectivity index (χ3n) is 3.31. The minimum absolute atomic E-state index is 0.281. The van der Waals surface area contributed by atoms with Gasteiger partial charge in [-0.25, -0.2) is 4.79 Å². The second-order valence-corrected chi connectivity index (χ2v) is 4.76. The lowest BCUT2D eigenvalue weighted by Crippen LogP contribution is -2.38. The van der Waals surface area contributed by atoms with E-state index >= 15 is 0 Å². The largest absolute Gasteiger partial charge is 0.479 e. The minimum Gasteiger partial charge on any atom is -0.479 e. The third-order valence-corrected chi connectivity index (χ3v) is 3.31. The predicted octanol–water partition coefficient (Wildman–Crippen LogP) is 1.68. The lowest BCUT2D eigenvalue weighted by Gasteiger charge is -2.27. The van der Waals surface area contributed by atoms with Gasteiger partial charge in [-0.3, -0.25) is 0 Å². The van der Waals surface area contributed by atoms with Crippen molar-refractivity contribution in [2.75, 3.05) is 0 Å². The molecule has 16 heavy (non-hydrogen) atoms. The van der Waals surface area contributed by atoms with E-state index in [1.165, 1.54) is 0 Å². The van der Waals surface area contributed by atoms with Gasteiger partial charge in [0, 0.05) is 24.0 Å². The fourth-order valence-electron chi connectivity index (χ4n) is 2.28. The molecule has 0 radical (unpaired) electrons. The summed E-state index contributed by atoms with van der Waals surface area (Å²) < 4.78 is 1.96. The molecule has 1 unspecified atom stereocenters. The zero-order valence-corrected chi connectivity index (χ0v) is 9.60. The Kier molecular flexibility index (Phi) is 2.54. The minimum atomic E-state index is -1.69. The maximum absolute atomic E-state index is 11.2. The highest BCUT2D eigenvalue weighted by Crippen LogP contribution is 2.36. The zero-order chi connectivity index (χ0) is 11.9. The highest BCUT2D eigenvalue weighted by atomic mass is 16.4. The van der Waals surface area contributed by atoms with Crippen LogP contribution in [0.5, 0.6) is 0 Å². The van der Waals surface area contributed by atoms with Gasteiger partial charge >= 0.3 is 5.97 Å². The van der Waals surface area contributed by atoms with Crippen molar-refractivity contribution in [2.45, 2.75) is 44.8 Å². The van der Waals surface area contributed by atoms with Crippen molar-refractivity contribution in [2.24, 2.45) is 0 Å². The second kappa shape index (κ2) is 3.63. The summed E-state index contributed by atoms with van der Waals surface area (Å²) in [6.07, 6.45) is 5.60. The fraction of sp³-hybridized carbons (Fsp3) is 0.583. The lowest BCUT2D eigenvalue weighted by molar-refractivity contribution is -0.161. The molecule has 0 spiro atoms. The first-order valence-corrected chi connectivity index (χ1v) is 5.62. The molecular weight excluding hydrogens is 206 g/mol. The van der Waals surface area contributed by atoms with Gasteiger partial charge in [-0.2, -0.15) is 0 Å². The van der Waals surface area contributed by atoms with E-state index in [1.807, 2.05) is 24.6 Å². The lowest BCUT2D eigenvalue weighted by atomic mass is 9.82. The number of aliphatic carboxylic acids is 1. The molecule has 0 bridgehead atoms. The molecule has 88 valence electrons. The average molecular weight is 223 g/mol. The molecule has 1 aliphatic carbocycles. The standard InChI is InChI=1S/C12H17NO3/c1-8(2)13-6-9-4-3-5-12(16,11(14)15)10(9)7-13/h6-8,16H,3-5H2,1-2H3,(H,14,15). The fourth-order valence-corrected chi connectivity index (χ4v) is 2.28. The first-order chi connectivity index (χ1) is 7.45. The number of hydrogen-bond donors (Lipinski definition) is 2. The number of carbonyl (C=O) groups is 1. The highest BCUT2D eigenvalue weighted by molar-refractivity contribution is 5.80.